The topological polar surface area (TPSA) is 37.4 Å². The van der Waals surface area contributed by atoms with E-state index >= 15 is 0 Å². The average molecular weight is 326 g/mol. The first-order valence-electron chi connectivity index (χ1n) is 6.79. The summed E-state index contributed by atoms with van der Waals surface area (Å²) in [7, 11) is 3.75. The Bertz CT molecular complexity index is 561. The van der Waals surface area contributed by atoms with Crippen molar-refractivity contribution in [1.29, 1.82) is 0 Å². The minimum Gasteiger partial charge on any atom is -0.383 e. The zero-order valence-corrected chi connectivity index (χ0v) is 13.9. The molecular formula is C15H20ClN3OS. The SMILES string of the molecule is COCCNCc1cnc(N(C)Cc2cccc(Cl)c2)s1. The van der Waals surface area contributed by atoms with Gasteiger partial charge in [0.2, 0.25) is 0 Å². The second kappa shape index (κ2) is 8.34. The van der Waals surface area contributed by atoms with Crippen LogP contribution in [0.15, 0.2) is 30.5 Å². The Hall–Kier alpha value is -1.14. The highest BCUT2D eigenvalue weighted by Crippen LogP contribution is 2.23. The summed E-state index contributed by atoms with van der Waals surface area (Å²) in [5.41, 5.74) is 1.18. The summed E-state index contributed by atoms with van der Waals surface area (Å²) >= 11 is 7.71. The molecule has 0 radical (unpaired) electrons. The highest BCUT2D eigenvalue weighted by Gasteiger charge is 2.08. The van der Waals surface area contributed by atoms with Crippen molar-refractivity contribution >= 4 is 28.1 Å². The molecule has 2 aromatic rings. The lowest BCUT2D eigenvalue weighted by Crippen LogP contribution is -2.17. The molecule has 1 N–H and O–H groups in total. The quantitative estimate of drug-likeness (QED) is 0.756. The summed E-state index contributed by atoms with van der Waals surface area (Å²) in [6.07, 6.45) is 1.92. The minimum atomic E-state index is 0.723. The van der Waals surface area contributed by atoms with Crippen LogP contribution in [0.4, 0.5) is 5.13 Å². The predicted molar refractivity (Wildman–Crippen MR) is 89.3 cm³/mol. The van der Waals surface area contributed by atoms with Crippen LogP contribution >= 0.6 is 22.9 Å². The predicted octanol–water partition coefficient (Wildman–Crippen LogP) is 3.17. The fraction of sp³-hybridized carbons (Fsp3) is 0.400. The van der Waals surface area contributed by atoms with Gasteiger partial charge < -0.3 is 15.0 Å². The Balaban J connectivity index is 1.88. The molecule has 0 aliphatic rings. The van der Waals surface area contributed by atoms with Gasteiger partial charge in [-0.1, -0.05) is 23.7 Å². The molecule has 2 rings (SSSR count). The standard InChI is InChI=1S/C15H20ClN3OS/c1-19(11-12-4-3-5-13(16)8-12)15-18-10-14(21-15)9-17-6-7-20-2/h3-5,8,10,17H,6-7,9,11H2,1-2H3. The van der Waals surface area contributed by atoms with Gasteiger partial charge in [-0.2, -0.15) is 0 Å². The normalized spacial score (nSPS) is 10.8. The van der Waals surface area contributed by atoms with Crippen LogP contribution in [-0.2, 0) is 17.8 Å². The third kappa shape index (κ3) is 5.28. The van der Waals surface area contributed by atoms with E-state index < -0.39 is 0 Å². The third-order valence-electron chi connectivity index (χ3n) is 2.96. The maximum Gasteiger partial charge on any atom is 0.185 e. The molecule has 1 heterocycles. The smallest absolute Gasteiger partial charge is 0.185 e. The maximum atomic E-state index is 6.01. The van der Waals surface area contributed by atoms with Gasteiger partial charge >= 0.3 is 0 Å². The number of benzene rings is 1. The van der Waals surface area contributed by atoms with Gasteiger partial charge in [0.05, 0.1) is 6.61 Å². The van der Waals surface area contributed by atoms with Gasteiger partial charge in [-0.15, -0.1) is 11.3 Å². The van der Waals surface area contributed by atoms with Crippen molar-refractivity contribution in [3.63, 3.8) is 0 Å². The van der Waals surface area contributed by atoms with Gasteiger partial charge in [0.25, 0.3) is 0 Å². The number of hydrogen-bond acceptors (Lipinski definition) is 5. The van der Waals surface area contributed by atoms with Crippen molar-refractivity contribution in [3.8, 4) is 0 Å². The molecule has 6 heteroatoms. The van der Waals surface area contributed by atoms with Crippen molar-refractivity contribution in [2.75, 3.05) is 32.2 Å². The molecule has 0 spiro atoms. The number of nitrogens with zero attached hydrogens (tertiary/aromatic N) is 2. The molecule has 0 bridgehead atoms. The number of nitrogens with one attached hydrogen (secondary N) is 1. The fourth-order valence-electron chi connectivity index (χ4n) is 1.92. The number of anilines is 1. The van der Waals surface area contributed by atoms with Gasteiger partial charge in [0, 0.05) is 49.9 Å². The lowest BCUT2D eigenvalue weighted by molar-refractivity contribution is 0.199. The Morgan fingerprint density at radius 2 is 2.29 bits per heavy atom. The van der Waals surface area contributed by atoms with E-state index in [2.05, 4.69) is 21.3 Å². The number of rotatable bonds is 8. The molecule has 0 fully saturated rings. The van der Waals surface area contributed by atoms with Gasteiger partial charge in [-0.05, 0) is 17.7 Å². The summed E-state index contributed by atoms with van der Waals surface area (Å²) in [6.45, 7) is 3.19. The Morgan fingerprint density at radius 1 is 1.43 bits per heavy atom. The molecule has 21 heavy (non-hydrogen) atoms. The first kappa shape index (κ1) is 16.2. The van der Waals surface area contributed by atoms with Crippen LogP contribution in [0, 0.1) is 0 Å². The average Bonchev–Trinajstić information content (AvgIpc) is 2.93. The van der Waals surface area contributed by atoms with E-state index in [1.54, 1.807) is 18.4 Å². The van der Waals surface area contributed by atoms with E-state index in [0.29, 0.717) is 0 Å². The van der Waals surface area contributed by atoms with Crippen LogP contribution < -0.4 is 10.2 Å². The van der Waals surface area contributed by atoms with Crippen LogP contribution in [0.3, 0.4) is 0 Å². The summed E-state index contributed by atoms with van der Waals surface area (Å²) in [5.74, 6) is 0. The molecule has 0 saturated heterocycles. The Kier molecular flexibility index (Phi) is 6.45. The summed E-state index contributed by atoms with van der Waals surface area (Å²) in [5, 5.41) is 5.10. The van der Waals surface area contributed by atoms with Crippen LogP contribution in [0.1, 0.15) is 10.4 Å². The molecule has 1 aromatic heterocycles. The van der Waals surface area contributed by atoms with Crippen molar-refractivity contribution in [1.82, 2.24) is 10.3 Å². The number of thiazole rings is 1. The summed E-state index contributed by atoms with van der Waals surface area (Å²) in [6, 6.07) is 7.92. The molecule has 0 saturated carbocycles. The van der Waals surface area contributed by atoms with E-state index in [-0.39, 0.29) is 0 Å². The van der Waals surface area contributed by atoms with Crippen molar-refractivity contribution in [3.05, 3.63) is 45.9 Å². The molecule has 1 aromatic carbocycles. The van der Waals surface area contributed by atoms with E-state index in [9.17, 15) is 0 Å². The van der Waals surface area contributed by atoms with E-state index in [4.69, 9.17) is 16.3 Å². The number of methoxy groups -OCH3 is 1. The van der Waals surface area contributed by atoms with E-state index in [0.717, 1.165) is 36.4 Å². The maximum absolute atomic E-state index is 6.01. The van der Waals surface area contributed by atoms with Crippen molar-refractivity contribution in [2.24, 2.45) is 0 Å². The van der Waals surface area contributed by atoms with E-state index in [1.165, 1.54) is 10.4 Å². The van der Waals surface area contributed by atoms with Crippen LogP contribution in [-0.4, -0.2) is 32.3 Å². The van der Waals surface area contributed by atoms with Gasteiger partial charge in [-0.3, -0.25) is 0 Å². The zero-order chi connectivity index (χ0) is 15.1. The summed E-state index contributed by atoms with van der Waals surface area (Å²) < 4.78 is 5.01. The fourth-order valence-corrected chi connectivity index (χ4v) is 2.97. The van der Waals surface area contributed by atoms with Gasteiger partial charge in [-0.25, -0.2) is 4.98 Å². The molecule has 0 aliphatic heterocycles. The van der Waals surface area contributed by atoms with E-state index in [1.807, 2.05) is 31.4 Å². The molecule has 0 atom stereocenters. The van der Waals surface area contributed by atoms with Gasteiger partial charge in [0.1, 0.15) is 0 Å². The molecule has 0 unspecified atom stereocenters. The third-order valence-corrected chi connectivity index (χ3v) is 4.31. The number of ether oxygens (including phenoxy) is 1. The Labute approximate surface area is 134 Å². The zero-order valence-electron chi connectivity index (χ0n) is 12.3. The molecule has 4 nitrogen and oxygen atoms in total. The second-order valence-electron chi connectivity index (χ2n) is 4.76. The number of halogens is 1. The second-order valence-corrected chi connectivity index (χ2v) is 6.29. The monoisotopic (exact) mass is 325 g/mol. The van der Waals surface area contributed by atoms with Crippen LogP contribution in [0.5, 0.6) is 0 Å². The van der Waals surface area contributed by atoms with Crippen molar-refractivity contribution in [2.45, 2.75) is 13.1 Å². The van der Waals surface area contributed by atoms with Crippen LogP contribution in [0.2, 0.25) is 5.02 Å². The molecular weight excluding hydrogens is 306 g/mol. The lowest BCUT2D eigenvalue weighted by Gasteiger charge is -2.15. The number of hydrogen-bond donors (Lipinski definition) is 1. The molecule has 114 valence electrons. The van der Waals surface area contributed by atoms with Gasteiger partial charge in [0.15, 0.2) is 5.13 Å². The van der Waals surface area contributed by atoms with Crippen molar-refractivity contribution < 1.29 is 4.74 Å². The minimum absolute atomic E-state index is 0.723. The summed E-state index contributed by atoms with van der Waals surface area (Å²) in [4.78, 5) is 7.83. The highest BCUT2D eigenvalue weighted by molar-refractivity contribution is 7.15. The first-order valence-corrected chi connectivity index (χ1v) is 7.98. The highest BCUT2D eigenvalue weighted by atomic mass is 35.5. The number of aromatic nitrogens is 1. The lowest BCUT2D eigenvalue weighted by atomic mass is 10.2. The Morgan fingerprint density at radius 3 is 3.05 bits per heavy atom. The largest absolute Gasteiger partial charge is 0.383 e. The first-order chi connectivity index (χ1) is 10.2. The molecule has 0 amide bonds. The van der Waals surface area contributed by atoms with Crippen LogP contribution in [0.25, 0.3) is 0 Å². The molecule has 0 aliphatic carbocycles.